The van der Waals surface area contributed by atoms with E-state index in [9.17, 15) is 9.90 Å². The molecule has 0 amide bonds. The summed E-state index contributed by atoms with van der Waals surface area (Å²) in [6.45, 7) is 10.9. The normalized spacial score (nSPS) is 16.4. The SMILES string of the molecule is CCN1CCN([C@H](c2ccc(OC)cc2OC)c2c(O)cc(C)n(CC)c2=O)CC1. The number of hydrogen-bond donors (Lipinski definition) is 1. The van der Waals surface area contributed by atoms with E-state index < -0.39 is 6.04 Å². The van der Waals surface area contributed by atoms with Crippen LogP contribution in [0.15, 0.2) is 29.1 Å². The van der Waals surface area contributed by atoms with Crippen LogP contribution in [0.4, 0.5) is 0 Å². The van der Waals surface area contributed by atoms with Gasteiger partial charge in [-0.05, 0) is 38.6 Å². The fourth-order valence-electron chi connectivity index (χ4n) is 4.34. The number of hydrogen-bond acceptors (Lipinski definition) is 6. The maximum absolute atomic E-state index is 13.4. The van der Waals surface area contributed by atoms with E-state index in [2.05, 4.69) is 16.7 Å². The van der Waals surface area contributed by atoms with Crippen molar-refractivity contribution in [3.05, 3.63) is 51.4 Å². The van der Waals surface area contributed by atoms with Crippen LogP contribution >= 0.6 is 0 Å². The Morgan fingerprint density at radius 2 is 1.73 bits per heavy atom. The number of methoxy groups -OCH3 is 2. The second-order valence-electron chi connectivity index (χ2n) is 7.61. The molecule has 0 radical (unpaired) electrons. The molecule has 7 heteroatoms. The zero-order valence-corrected chi connectivity index (χ0v) is 18.6. The van der Waals surface area contributed by atoms with Crippen molar-refractivity contribution in [1.82, 2.24) is 14.4 Å². The van der Waals surface area contributed by atoms with Gasteiger partial charge in [0.25, 0.3) is 5.56 Å². The molecule has 3 rings (SSSR count). The molecule has 1 aromatic carbocycles. The molecule has 1 saturated heterocycles. The quantitative estimate of drug-likeness (QED) is 0.750. The van der Waals surface area contributed by atoms with Crippen LogP contribution in [0.25, 0.3) is 0 Å². The van der Waals surface area contributed by atoms with Gasteiger partial charge in [0.1, 0.15) is 17.2 Å². The van der Waals surface area contributed by atoms with Gasteiger partial charge in [0, 0.05) is 50.0 Å². The molecule has 0 aliphatic carbocycles. The lowest BCUT2D eigenvalue weighted by atomic mass is 9.95. The van der Waals surface area contributed by atoms with Crippen LogP contribution in [0.2, 0.25) is 0 Å². The van der Waals surface area contributed by atoms with Gasteiger partial charge < -0.3 is 24.0 Å². The van der Waals surface area contributed by atoms with Gasteiger partial charge in [0.15, 0.2) is 0 Å². The van der Waals surface area contributed by atoms with Crippen LogP contribution in [0.5, 0.6) is 17.2 Å². The molecule has 2 aromatic rings. The van der Waals surface area contributed by atoms with Crippen LogP contribution in [0.3, 0.4) is 0 Å². The number of benzene rings is 1. The first-order chi connectivity index (χ1) is 14.4. The topological polar surface area (TPSA) is 67.2 Å². The molecule has 164 valence electrons. The van der Waals surface area contributed by atoms with Crippen molar-refractivity contribution < 1.29 is 14.6 Å². The van der Waals surface area contributed by atoms with Crippen molar-refractivity contribution in [1.29, 1.82) is 0 Å². The van der Waals surface area contributed by atoms with E-state index in [1.54, 1.807) is 24.9 Å². The monoisotopic (exact) mass is 415 g/mol. The molecule has 1 aromatic heterocycles. The van der Waals surface area contributed by atoms with Crippen molar-refractivity contribution in [3.63, 3.8) is 0 Å². The van der Waals surface area contributed by atoms with E-state index in [0.29, 0.717) is 23.6 Å². The number of aryl methyl sites for hydroxylation is 1. The molecule has 0 spiro atoms. The summed E-state index contributed by atoms with van der Waals surface area (Å²) < 4.78 is 12.7. The Balaban J connectivity index is 2.19. The second-order valence-corrected chi connectivity index (χ2v) is 7.61. The number of likely N-dealkylation sites (N-methyl/N-ethyl adjacent to an activating group) is 1. The lowest BCUT2D eigenvalue weighted by Gasteiger charge is -2.39. The maximum Gasteiger partial charge on any atom is 0.259 e. The minimum Gasteiger partial charge on any atom is -0.507 e. The van der Waals surface area contributed by atoms with E-state index >= 15 is 0 Å². The Hall–Kier alpha value is -2.51. The molecule has 0 saturated carbocycles. The zero-order chi connectivity index (χ0) is 21.8. The number of aromatic nitrogens is 1. The standard InChI is InChI=1S/C23H33N3O4/c1-6-24-10-12-25(13-11-24)22(18-9-8-17(29-4)15-20(18)30-5)21-19(27)14-16(3)26(7-2)23(21)28/h8-9,14-15,22,27H,6-7,10-13H2,1-5H3/t22-/m1/s1. The molecule has 1 aliphatic rings. The Kier molecular flexibility index (Phi) is 7.05. The summed E-state index contributed by atoms with van der Waals surface area (Å²) in [5.41, 5.74) is 1.84. The van der Waals surface area contributed by atoms with Crippen molar-refractivity contribution in [2.45, 2.75) is 33.4 Å². The van der Waals surface area contributed by atoms with E-state index in [1.807, 2.05) is 32.0 Å². The number of rotatable bonds is 7. The molecular weight excluding hydrogens is 382 g/mol. The molecule has 1 atom stereocenters. The van der Waals surface area contributed by atoms with Gasteiger partial charge in [-0.1, -0.05) is 6.92 Å². The van der Waals surface area contributed by atoms with Gasteiger partial charge in [-0.2, -0.15) is 0 Å². The van der Waals surface area contributed by atoms with Crippen LogP contribution in [-0.2, 0) is 6.54 Å². The average molecular weight is 416 g/mol. The van der Waals surface area contributed by atoms with Crippen molar-refractivity contribution in [2.75, 3.05) is 46.9 Å². The molecule has 0 unspecified atom stereocenters. The van der Waals surface area contributed by atoms with E-state index in [4.69, 9.17) is 9.47 Å². The van der Waals surface area contributed by atoms with E-state index in [-0.39, 0.29) is 11.3 Å². The average Bonchev–Trinajstić information content (AvgIpc) is 2.76. The first-order valence-corrected chi connectivity index (χ1v) is 10.6. The van der Waals surface area contributed by atoms with Crippen LogP contribution in [0.1, 0.15) is 36.7 Å². The van der Waals surface area contributed by atoms with Gasteiger partial charge in [-0.3, -0.25) is 9.69 Å². The predicted octanol–water partition coefficient (Wildman–Crippen LogP) is 2.63. The van der Waals surface area contributed by atoms with Gasteiger partial charge in [0.05, 0.1) is 25.8 Å². The number of ether oxygens (including phenoxy) is 2. The molecule has 2 heterocycles. The summed E-state index contributed by atoms with van der Waals surface area (Å²) in [7, 11) is 3.23. The van der Waals surface area contributed by atoms with Gasteiger partial charge in [-0.25, -0.2) is 0 Å². The Bertz CT molecular complexity index is 933. The van der Waals surface area contributed by atoms with Crippen LogP contribution < -0.4 is 15.0 Å². The fourth-order valence-corrected chi connectivity index (χ4v) is 4.34. The van der Waals surface area contributed by atoms with Gasteiger partial charge in [0.2, 0.25) is 0 Å². The van der Waals surface area contributed by atoms with E-state index in [1.165, 1.54) is 0 Å². The molecule has 1 N–H and O–H groups in total. The van der Waals surface area contributed by atoms with E-state index in [0.717, 1.165) is 44.0 Å². The third kappa shape index (κ3) is 4.18. The summed E-state index contributed by atoms with van der Waals surface area (Å²) in [5, 5.41) is 10.9. The highest BCUT2D eigenvalue weighted by molar-refractivity contribution is 5.49. The Labute approximate surface area is 178 Å². The number of nitrogens with zero attached hydrogens (tertiary/aromatic N) is 3. The first-order valence-electron chi connectivity index (χ1n) is 10.6. The van der Waals surface area contributed by atoms with Gasteiger partial charge in [-0.15, -0.1) is 0 Å². The lowest BCUT2D eigenvalue weighted by molar-refractivity contribution is 0.110. The molecule has 1 fully saturated rings. The number of pyridine rings is 1. The summed E-state index contributed by atoms with van der Waals surface area (Å²) in [4.78, 5) is 18.1. The third-order valence-electron chi connectivity index (χ3n) is 6.07. The summed E-state index contributed by atoms with van der Waals surface area (Å²) in [6, 6.07) is 6.91. The van der Waals surface area contributed by atoms with Crippen LogP contribution in [0, 0.1) is 6.92 Å². The smallest absolute Gasteiger partial charge is 0.259 e. The molecule has 7 nitrogen and oxygen atoms in total. The van der Waals surface area contributed by atoms with Crippen LogP contribution in [-0.4, -0.2) is 66.4 Å². The van der Waals surface area contributed by atoms with Crippen molar-refractivity contribution in [3.8, 4) is 17.2 Å². The molecule has 1 aliphatic heterocycles. The predicted molar refractivity (Wildman–Crippen MR) is 118 cm³/mol. The molecular formula is C23H33N3O4. The third-order valence-corrected chi connectivity index (χ3v) is 6.07. The summed E-state index contributed by atoms with van der Waals surface area (Å²) >= 11 is 0. The Morgan fingerprint density at radius 1 is 1.03 bits per heavy atom. The molecule has 0 bridgehead atoms. The number of aromatic hydroxyl groups is 1. The lowest BCUT2D eigenvalue weighted by Crippen LogP contribution is -2.48. The highest BCUT2D eigenvalue weighted by atomic mass is 16.5. The summed E-state index contributed by atoms with van der Waals surface area (Å²) in [6.07, 6.45) is 0. The largest absolute Gasteiger partial charge is 0.507 e. The minimum atomic E-state index is -0.407. The first kappa shape index (κ1) is 22.2. The zero-order valence-electron chi connectivity index (χ0n) is 18.6. The second kappa shape index (κ2) is 9.53. The number of piperazine rings is 1. The highest BCUT2D eigenvalue weighted by Gasteiger charge is 2.33. The van der Waals surface area contributed by atoms with Crippen molar-refractivity contribution in [2.24, 2.45) is 0 Å². The minimum absolute atomic E-state index is 0.0305. The van der Waals surface area contributed by atoms with Gasteiger partial charge >= 0.3 is 0 Å². The highest BCUT2D eigenvalue weighted by Crippen LogP contribution is 2.39. The van der Waals surface area contributed by atoms with Crippen molar-refractivity contribution >= 4 is 0 Å². The fraction of sp³-hybridized carbons (Fsp3) is 0.522. The Morgan fingerprint density at radius 3 is 2.30 bits per heavy atom. The maximum atomic E-state index is 13.4. The molecule has 30 heavy (non-hydrogen) atoms. The summed E-state index contributed by atoms with van der Waals surface area (Å²) in [5.74, 6) is 1.35.